The van der Waals surface area contributed by atoms with E-state index >= 15 is 0 Å². The van der Waals surface area contributed by atoms with Gasteiger partial charge in [0, 0.05) is 17.7 Å². The molecular weight excluding hydrogens is 214 g/mol. The first kappa shape index (κ1) is 14.0. The van der Waals surface area contributed by atoms with Gasteiger partial charge in [-0.15, -0.1) is 0 Å². The van der Waals surface area contributed by atoms with Crippen LogP contribution in [-0.2, 0) is 16.8 Å². The highest BCUT2D eigenvalue weighted by atomic mass is 16.6. The van der Waals surface area contributed by atoms with Crippen molar-refractivity contribution in [2.24, 2.45) is 0 Å². The highest BCUT2D eigenvalue weighted by molar-refractivity contribution is 5.47. The van der Waals surface area contributed by atoms with E-state index in [0.717, 1.165) is 11.3 Å². The lowest BCUT2D eigenvalue weighted by Crippen LogP contribution is -2.17. The predicted molar refractivity (Wildman–Crippen MR) is 70.3 cm³/mol. The molecule has 0 unspecified atom stereocenters. The molecule has 3 heteroatoms. The van der Waals surface area contributed by atoms with Crippen molar-refractivity contribution >= 4 is 0 Å². The first-order chi connectivity index (χ1) is 7.90. The van der Waals surface area contributed by atoms with Crippen LogP contribution in [0.25, 0.3) is 0 Å². The lowest BCUT2D eigenvalue weighted by atomic mass is 9.84. The molecule has 0 saturated heterocycles. The fourth-order valence-electron chi connectivity index (χ4n) is 1.93. The zero-order valence-corrected chi connectivity index (χ0v) is 11.7. The number of hydroxylamine groups is 1. The quantitative estimate of drug-likeness (QED) is 0.817. The molecule has 96 valence electrons. The summed E-state index contributed by atoms with van der Waals surface area (Å²) in [6, 6.07) is 4.31. The Morgan fingerprint density at radius 1 is 1.18 bits per heavy atom. The SMILES string of the molecule is CONCc1cc(C)cc(C(C)(C)C)c1OC. The van der Waals surface area contributed by atoms with Crippen LogP contribution in [0.2, 0.25) is 0 Å². The molecule has 1 aromatic rings. The molecule has 0 saturated carbocycles. The molecule has 0 atom stereocenters. The van der Waals surface area contributed by atoms with Gasteiger partial charge < -0.3 is 9.57 Å². The first-order valence-corrected chi connectivity index (χ1v) is 5.84. The molecule has 0 aromatic heterocycles. The van der Waals surface area contributed by atoms with Crippen LogP contribution in [0.3, 0.4) is 0 Å². The first-order valence-electron chi connectivity index (χ1n) is 5.84. The van der Waals surface area contributed by atoms with Crippen LogP contribution in [-0.4, -0.2) is 14.2 Å². The molecule has 1 aromatic carbocycles. The van der Waals surface area contributed by atoms with Crippen molar-refractivity contribution in [2.75, 3.05) is 14.2 Å². The highest BCUT2D eigenvalue weighted by Crippen LogP contribution is 2.35. The third-order valence-electron chi connectivity index (χ3n) is 2.73. The largest absolute Gasteiger partial charge is 0.496 e. The number of hydrogen-bond acceptors (Lipinski definition) is 3. The van der Waals surface area contributed by atoms with Crippen LogP contribution in [0.15, 0.2) is 12.1 Å². The Kier molecular flexibility index (Phi) is 4.54. The van der Waals surface area contributed by atoms with E-state index in [4.69, 9.17) is 9.57 Å². The van der Waals surface area contributed by atoms with Crippen molar-refractivity contribution < 1.29 is 9.57 Å². The summed E-state index contributed by atoms with van der Waals surface area (Å²) in [6.07, 6.45) is 0. The fourth-order valence-corrected chi connectivity index (χ4v) is 1.93. The Bertz CT molecular complexity index is 381. The maximum absolute atomic E-state index is 5.56. The maximum atomic E-state index is 5.56. The minimum atomic E-state index is 0.0686. The van der Waals surface area contributed by atoms with Gasteiger partial charge in [0.15, 0.2) is 0 Å². The summed E-state index contributed by atoms with van der Waals surface area (Å²) in [5.74, 6) is 0.952. The average molecular weight is 237 g/mol. The van der Waals surface area contributed by atoms with Gasteiger partial charge in [-0.25, -0.2) is 0 Å². The molecule has 0 bridgehead atoms. The van der Waals surface area contributed by atoms with Crippen LogP contribution >= 0.6 is 0 Å². The van der Waals surface area contributed by atoms with E-state index < -0.39 is 0 Å². The number of nitrogens with one attached hydrogen (secondary N) is 1. The van der Waals surface area contributed by atoms with Crippen molar-refractivity contribution in [1.29, 1.82) is 0 Å². The van der Waals surface area contributed by atoms with Gasteiger partial charge in [-0.3, -0.25) is 0 Å². The number of benzene rings is 1. The molecule has 17 heavy (non-hydrogen) atoms. The van der Waals surface area contributed by atoms with E-state index in [1.54, 1.807) is 14.2 Å². The summed E-state index contributed by atoms with van der Waals surface area (Å²) in [5, 5.41) is 0. The molecule has 0 heterocycles. The summed E-state index contributed by atoms with van der Waals surface area (Å²) >= 11 is 0. The molecule has 0 aliphatic carbocycles. The second kappa shape index (κ2) is 5.52. The second-order valence-corrected chi connectivity index (χ2v) is 5.28. The monoisotopic (exact) mass is 237 g/mol. The number of aryl methyl sites for hydroxylation is 1. The van der Waals surface area contributed by atoms with E-state index in [1.807, 2.05) is 0 Å². The fraction of sp³-hybridized carbons (Fsp3) is 0.571. The topological polar surface area (TPSA) is 30.5 Å². The number of methoxy groups -OCH3 is 1. The number of ether oxygens (including phenoxy) is 1. The number of rotatable bonds is 4. The van der Waals surface area contributed by atoms with E-state index in [2.05, 4.69) is 45.3 Å². The minimum absolute atomic E-state index is 0.0686. The van der Waals surface area contributed by atoms with Gasteiger partial charge in [-0.2, -0.15) is 5.48 Å². The molecular formula is C14H23NO2. The van der Waals surface area contributed by atoms with E-state index in [-0.39, 0.29) is 5.41 Å². The molecule has 0 amide bonds. The minimum Gasteiger partial charge on any atom is -0.496 e. The van der Waals surface area contributed by atoms with E-state index in [9.17, 15) is 0 Å². The van der Waals surface area contributed by atoms with Crippen LogP contribution < -0.4 is 10.2 Å². The van der Waals surface area contributed by atoms with Gasteiger partial charge in [0.1, 0.15) is 5.75 Å². The Morgan fingerprint density at radius 3 is 2.29 bits per heavy atom. The van der Waals surface area contributed by atoms with Gasteiger partial charge >= 0.3 is 0 Å². The maximum Gasteiger partial charge on any atom is 0.127 e. The van der Waals surface area contributed by atoms with Crippen LogP contribution in [0.1, 0.15) is 37.5 Å². The molecule has 1 N–H and O–H groups in total. The van der Waals surface area contributed by atoms with E-state index in [1.165, 1.54) is 11.1 Å². The zero-order valence-electron chi connectivity index (χ0n) is 11.7. The van der Waals surface area contributed by atoms with Gasteiger partial charge in [0.2, 0.25) is 0 Å². The summed E-state index contributed by atoms with van der Waals surface area (Å²) < 4.78 is 5.56. The van der Waals surface area contributed by atoms with Gasteiger partial charge in [-0.1, -0.05) is 38.5 Å². The lowest BCUT2D eigenvalue weighted by Gasteiger charge is -2.24. The van der Waals surface area contributed by atoms with E-state index in [0.29, 0.717) is 6.54 Å². The molecule has 0 spiro atoms. The van der Waals surface area contributed by atoms with Gasteiger partial charge in [-0.05, 0) is 12.3 Å². The molecule has 0 radical (unpaired) electrons. The van der Waals surface area contributed by atoms with Crippen LogP contribution in [0, 0.1) is 6.92 Å². The van der Waals surface area contributed by atoms with Crippen molar-refractivity contribution in [2.45, 2.75) is 39.7 Å². The van der Waals surface area contributed by atoms with Gasteiger partial charge in [0.25, 0.3) is 0 Å². The number of hydrogen-bond donors (Lipinski definition) is 1. The highest BCUT2D eigenvalue weighted by Gasteiger charge is 2.21. The standard InChI is InChI=1S/C14H23NO2/c1-10-7-11(9-15-17-6)13(16-5)12(8-10)14(2,3)4/h7-8,15H,9H2,1-6H3. The Morgan fingerprint density at radius 2 is 1.82 bits per heavy atom. The normalized spacial score (nSPS) is 11.6. The summed E-state index contributed by atoms with van der Waals surface area (Å²) in [7, 11) is 3.34. The molecule has 1 rings (SSSR count). The summed E-state index contributed by atoms with van der Waals surface area (Å²) in [4.78, 5) is 4.91. The third kappa shape index (κ3) is 3.45. The Hall–Kier alpha value is -1.06. The third-order valence-corrected chi connectivity index (χ3v) is 2.73. The van der Waals surface area contributed by atoms with Crippen LogP contribution in [0.4, 0.5) is 0 Å². The van der Waals surface area contributed by atoms with Crippen molar-refractivity contribution in [3.05, 3.63) is 28.8 Å². The lowest BCUT2D eigenvalue weighted by molar-refractivity contribution is 0.0860. The summed E-state index contributed by atoms with van der Waals surface area (Å²) in [5.41, 5.74) is 6.53. The van der Waals surface area contributed by atoms with Crippen molar-refractivity contribution in [3.63, 3.8) is 0 Å². The average Bonchev–Trinajstić information content (AvgIpc) is 2.24. The molecule has 0 aliphatic heterocycles. The smallest absolute Gasteiger partial charge is 0.127 e. The molecule has 3 nitrogen and oxygen atoms in total. The Labute approximate surface area is 104 Å². The zero-order chi connectivity index (χ0) is 13.1. The predicted octanol–water partition coefficient (Wildman–Crippen LogP) is 2.95. The summed E-state index contributed by atoms with van der Waals surface area (Å²) in [6.45, 7) is 9.32. The second-order valence-electron chi connectivity index (χ2n) is 5.28. The Balaban J connectivity index is 3.25. The molecule has 0 aliphatic rings. The van der Waals surface area contributed by atoms with Crippen molar-refractivity contribution in [3.8, 4) is 5.75 Å². The molecule has 0 fully saturated rings. The van der Waals surface area contributed by atoms with Crippen LogP contribution in [0.5, 0.6) is 5.75 Å². The van der Waals surface area contributed by atoms with Gasteiger partial charge in [0.05, 0.1) is 14.2 Å². The van der Waals surface area contributed by atoms with Crippen molar-refractivity contribution in [1.82, 2.24) is 5.48 Å².